The average molecular weight is 303 g/mol. The average Bonchev–Trinajstić information content (AvgIpc) is 2.22. The maximum absolute atomic E-state index is 13.4. The highest BCUT2D eigenvalue weighted by atomic mass is 79.9. The molecule has 1 aliphatic carbocycles. The number of nitrogens with one attached hydrogen (secondary N) is 1. The van der Waals surface area contributed by atoms with Crippen LogP contribution in [0.4, 0.5) is 15.8 Å². The molecule has 0 radical (unpaired) electrons. The largest absolute Gasteiger partial charge is 0.397 e. The van der Waals surface area contributed by atoms with Crippen LogP contribution in [0.15, 0.2) is 16.6 Å². The van der Waals surface area contributed by atoms with Gasteiger partial charge in [-0.3, -0.25) is 0 Å². The van der Waals surface area contributed by atoms with Crippen LogP contribution in [-0.4, -0.2) is 18.8 Å². The molecule has 1 aromatic carbocycles. The summed E-state index contributed by atoms with van der Waals surface area (Å²) in [5, 5.41) is 3.24. The van der Waals surface area contributed by atoms with Crippen molar-refractivity contribution in [2.75, 3.05) is 17.7 Å². The Morgan fingerprint density at radius 1 is 1.53 bits per heavy atom. The maximum Gasteiger partial charge on any atom is 0.139 e. The Bertz CT molecular complexity index is 408. The minimum atomic E-state index is -0.303. The third-order valence-electron chi connectivity index (χ3n) is 2.95. The molecule has 94 valence electrons. The highest BCUT2D eigenvalue weighted by Gasteiger charge is 2.29. The second-order valence-electron chi connectivity index (χ2n) is 4.24. The van der Waals surface area contributed by atoms with Crippen LogP contribution in [0, 0.1) is 5.82 Å². The van der Waals surface area contributed by atoms with Crippen LogP contribution in [0.3, 0.4) is 0 Å². The van der Waals surface area contributed by atoms with E-state index < -0.39 is 0 Å². The molecule has 0 unspecified atom stereocenters. The van der Waals surface area contributed by atoms with Crippen molar-refractivity contribution in [3.05, 3.63) is 22.4 Å². The Morgan fingerprint density at radius 2 is 2.24 bits per heavy atom. The quantitative estimate of drug-likeness (QED) is 0.840. The van der Waals surface area contributed by atoms with Crippen molar-refractivity contribution < 1.29 is 9.13 Å². The van der Waals surface area contributed by atoms with Gasteiger partial charge in [0.15, 0.2) is 0 Å². The first-order valence-corrected chi connectivity index (χ1v) is 6.52. The smallest absolute Gasteiger partial charge is 0.139 e. The molecule has 0 aromatic heterocycles. The summed E-state index contributed by atoms with van der Waals surface area (Å²) in [4.78, 5) is 0. The van der Waals surface area contributed by atoms with Crippen LogP contribution < -0.4 is 11.1 Å². The lowest BCUT2D eigenvalue weighted by molar-refractivity contribution is 0.00300. The molecular formula is C12H16BrFN2O. The Hall–Kier alpha value is -0.810. The van der Waals surface area contributed by atoms with Gasteiger partial charge in [0.2, 0.25) is 0 Å². The number of nitrogen functional groups attached to an aromatic ring is 1. The molecule has 1 aromatic rings. The Labute approximate surface area is 109 Å². The van der Waals surface area contributed by atoms with Crippen molar-refractivity contribution in [1.29, 1.82) is 0 Å². The van der Waals surface area contributed by atoms with E-state index in [0.717, 1.165) is 19.4 Å². The van der Waals surface area contributed by atoms with Crippen LogP contribution in [-0.2, 0) is 4.74 Å². The summed E-state index contributed by atoms with van der Waals surface area (Å²) >= 11 is 3.10. The van der Waals surface area contributed by atoms with Gasteiger partial charge in [-0.25, -0.2) is 4.39 Å². The summed E-state index contributed by atoms with van der Waals surface area (Å²) in [6, 6.07) is 3.33. The second kappa shape index (κ2) is 5.23. The second-order valence-corrected chi connectivity index (χ2v) is 5.10. The summed E-state index contributed by atoms with van der Waals surface area (Å²) < 4.78 is 19.2. The van der Waals surface area contributed by atoms with E-state index in [4.69, 9.17) is 10.5 Å². The molecule has 3 N–H and O–H groups in total. The number of nitrogens with two attached hydrogens (primary N) is 1. The van der Waals surface area contributed by atoms with Crippen LogP contribution in [0.25, 0.3) is 0 Å². The van der Waals surface area contributed by atoms with Crippen molar-refractivity contribution in [3.8, 4) is 0 Å². The van der Waals surface area contributed by atoms with Crippen LogP contribution in [0.2, 0.25) is 0 Å². The Balaban J connectivity index is 1.94. The molecule has 0 spiro atoms. The lowest BCUT2D eigenvalue weighted by Crippen LogP contribution is -2.40. The van der Waals surface area contributed by atoms with Gasteiger partial charge in [0.25, 0.3) is 0 Å². The van der Waals surface area contributed by atoms with Gasteiger partial charge in [-0.05, 0) is 41.8 Å². The predicted octanol–water partition coefficient (Wildman–Crippen LogP) is 3.15. The fourth-order valence-electron chi connectivity index (χ4n) is 1.96. The van der Waals surface area contributed by atoms with E-state index in [1.54, 1.807) is 6.07 Å². The minimum Gasteiger partial charge on any atom is -0.397 e. The zero-order valence-corrected chi connectivity index (χ0v) is 11.3. The zero-order chi connectivity index (χ0) is 12.4. The van der Waals surface area contributed by atoms with Crippen molar-refractivity contribution in [3.63, 3.8) is 0 Å². The number of hydrogen-bond donors (Lipinski definition) is 2. The number of halogens is 2. The molecular weight excluding hydrogens is 287 g/mol. The van der Waals surface area contributed by atoms with Crippen molar-refractivity contribution in [2.45, 2.75) is 31.9 Å². The molecule has 0 saturated heterocycles. The van der Waals surface area contributed by atoms with Gasteiger partial charge >= 0.3 is 0 Å². The summed E-state index contributed by atoms with van der Waals surface area (Å²) in [6.45, 7) is 2.73. The molecule has 17 heavy (non-hydrogen) atoms. The van der Waals surface area contributed by atoms with Gasteiger partial charge in [0.1, 0.15) is 5.82 Å². The normalized spacial score (nSPS) is 23.2. The molecule has 0 atom stereocenters. The van der Waals surface area contributed by atoms with Crippen LogP contribution >= 0.6 is 15.9 Å². The monoisotopic (exact) mass is 302 g/mol. The Morgan fingerprint density at radius 3 is 2.88 bits per heavy atom. The molecule has 0 heterocycles. The molecule has 1 aliphatic rings. The first kappa shape index (κ1) is 12.6. The van der Waals surface area contributed by atoms with E-state index in [9.17, 15) is 4.39 Å². The van der Waals surface area contributed by atoms with Crippen molar-refractivity contribution in [1.82, 2.24) is 0 Å². The molecule has 2 rings (SSSR count). The summed E-state index contributed by atoms with van der Waals surface area (Å²) in [5.74, 6) is -0.303. The molecule has 1 fully saturated rings. The first-order valence-electron chi connectivity index (χ1n) is 5.72. The fourth-order valence-corrected chi connectivity index (χ4v) is 2.32. The third kappa shape index (κ3) is 2.90. The topological polar surface area (TPSA) is 47.3 Å². The number of ether oxygens (including phenoxy) is 1. The maximum atomic E-state index is 13.4. The van der Waals surface area contributed by atoms with E-state index in [2.05, 4.69) is 21.2 Å². The number of hydrogen-bond acceptors (Lipinski definition) is 3. The predicted molar refractivity (Wildman–Crippen MR) is 70.6 cm³/mol. The van der Waals surface area contributed by atoms with Gasteiger partial charge in [-0.1, -0.05) is 0 Å². The van der Waals surface area contributed by atoms with Gasteiger partial charge < -0.3 is 15.8 Å². The SMILES string of the molecule is CCOC1CC(Nc2cc(F)c(Br)cc2N)C1. The number of rotatable bonds is 4. The van der Waals surface area contributed by atoms with Crippen molar-refractivity contribution >= 4 is 27.3 Å². The Kier molecular flexibility index (Phi) is 3.89. The summed E-state index contributed by atoms with van der Waals surface area (Å²) in [7, 11) is 0. The lowest BCUT2D eigenvalue weighted by atomic mass is 9.89. The molecule has 0 amide bonds. The van der Waals surface area contributed by atoms with Crippen LogP contribution in [0.5, 0.6) is 0 Å². The fraction of sp³-hybridized carbons (Fsp3) is 0.500. The summed E-state index contributed by atoms with van der Waals surface area (Å²) in [5.41, 5.74) is 7.03. The van der Waals surface area contributed by atoms with Gasteiger partial charge in [-0.15, -0.1) is 0 Å². The molecule has 1 saturated carbocycles. The van der Waals surface area contributed by atoms with E-state index >= 15 is 0 Å². The van der Waals surface area contributed by atoms with Gasteiger partial charge in [0.05, 0.1) is 22.0 Å². The minimum absolute atomic E-state index is 0.303. The molecule has 3 nitrogen and oxygen atoms in total. The van der Waals surface area contributed by atoms with E-state index in [0.29, 0.717) is 28.0 Å². The molecule has 0 aliphatic heterocycles. The molecule has 5 heteroatoms. The lowest BCUT2D eigenvalue weighted by Gasteiger charge is -2.36. The van der Waals surface area contributed by atoms with Gasteiger partial charge in [0, 0.05) is 18.7 Å². The highest BCUT2D eigenvalue weighted by molar-refractivity contribution is 9.10. The first-order chi connectivity index (χ1) is 8.10. The number of anilines is 2. The van der Waals surface area contributed by atoms with E-state index in [-0.39, 0.29) is 5.82 Å². The summed E-state index contributed by atoms with van der Waals surface area (Å²) in [6.07, 6.45) is 2.23. The van der Waals surface area contributed by atoms with Gasteiger partial charge in [-0.2, -0.15) is 0 Å². The highest BCUT2D eigenvalue weighted by Crippen LogP contribution is 2.31. The third-order valence-corrected chi connectivity index (χ3v) is 3.56. The van der Waals surface area contributed by atoms with Crippen molar-refractivity contribution in [2.24, 2.45) is 0 Å². The van der Waals surface area contributed by atoms with E-state index in [1.165, 1.54) is 6.07 Å². The zero-order valence-electron chi connectivity index (χ0n) is 9.67. The van der Waals surface area contributed by atoms with E-state index in [1.807, 2.05) is 6.92 Å². The standard InChI is InChI=1S/C12H16BrFN2O/c1-2-17-8-3-7(4-8)16-12-6-10(14)9(13)5-11(12)15/h5-8,16H,2-4,15H2,1H3. The number of benzene rings is 1. The van der Waals surface area contributed by atoms with Crippen LogP contribution in [0.1, 0.15) is 19.8 Å². The molecule has 0 bridgehead atoms.